The van der Waals surface area contributed by atoms with Crippen LogP contribution in [0.5, 0.6) is 0 Å². The van der Waals surface area contributed by atoms with Crippen molar-refractivity contribution in [2.75, 3.05) is 5.32 Å². The molecule has 1 aromatic carbocycles. The van der Waals surface area contributed by atoms with Crippen LogP contribution in [0.2, 0.25) is 0 Å². The van der Waals surface area contributed by atoms with Crippen molar-refractivity contribution in [3.63, 3.8) is 0 Å². The molecule has 3 rings (SSSR count). The molecular weight excluding hydrogens is 340 g/mol. The van der Waals surface area contributed by atoms with Gasteiger partial charge in [0.1, 0.15) is 0 Å². The minimum atomic E-state index is -0.418. The average molecular weight is 349 g/mol. The molecule has 1 amide bonds. The summed E-state index contributed by atoms with van der Waals surface area (Å²) in [4.78, 5) is 42.2. The Hall–Kier alpha value is -2.61. The van der Waals surface area contributed by atoms with Gasteiger partial charge in [0.15, 0.2) is 0 Å². The van der Waals surface area contributed by atoms with Gasteiger partial charge in [0, 0.05) is 22.3 Å². The predicted octanol–water partition coefficient (Wildman–Crippen LogP) is 1.56. The molecule has 2 aromatic heterocycles. The zero-order valence-electron chi connectivity index (χ0n) is 10.5. The van der Waals surface area contributed by atoms with Crippen molar-refractivity contribution in [1.29, 1.82) is 0 Å². The van der Waals surface area contributed by atoms with Crippen molar-refractivity contribution in [2.45, 2.75) is 0 Å². The smallest absolute Gasteiger partial charge is 0.323 e. The summed E-state index contributed by atoms with van der Waals surface area (Å²) in [6.07, 6.45) is 1.40. The molecule has 0 unspecified atom stereocenters. The molecule has 0 atom stereocenters. The van der Waals surface area contributed by atoms with Gasteiger partial charge in [-0.3, -0.25) is 9.59 Å². The number of fused-ring (bicyclic) bond motifs is 1. The molecule has 3 aromatic rings. The third-order valence-electron chi connectivity index (χ3n) is 2.89. The number of halogens is 1. The van der Waals surface area contributed by atoms with E-state index in [1.165, 1.54) is 18.3 Å². The van der Waals surface area contributed by atoms with Gasteiger partial charge >= 0.3 is 5.69 Å². The molecule has 0 bridgehead atoms. The predicted molar refractivity (Wildman–Crippen MR) is 81.6 cm³/mol. The van der Waals surface area contributed by atoms with Crippen LogP contribution in [0.1, 0.15) is 10.4 Å². The fourth-order valence-corrected chi connectivity index (χ4v) is 2.37. The lowest BCUT2D eigenvalue weighted by molar-refractivity contribution is 0.102. The molecule has 0 aliphatic heterocycles. The molecule has 0 saturated carbocycles. The van der Waals surface area contributed by atoms with E-state index in [0.717, 1.165) is 0 Å². The van der Waals surface area contributed by atoms with Crippen molar-refractivity contribution in [1.82, 2.24) is 15.0 Å². The fourth-order valence-electron chi connectivity index (χ4n) is 1.93. The number of amides is 1. The minimum absolute atomic E-state index is 0.244. The molecule has 2 heterocycles. The van der Waals surface area contributed by atoms with Gasteiger partial charge in [-0.2, -0.15) is 0 Å². The molecular formula is C13H9BrN4O3. The van der Waals surface area contributed by atoms with Gasteiger partial charge in [-0.05, 0) is 34.1 Å². The molecule has 0 saturated heterocycles. The molecule has 7 nitrogen and oxygen atoms in total. The summed E-state index contributed by atoms with van der Waals surface area (Å²) < 4.78 is 0.614. The number of rotatable bonds is 2. The standard InChI is InChI=1S/C13H9BrN4O3/c14-7-4-9-10(18-13(21)17-9)5-8(7)16-12(20)6-1-2-15-11(19)3-6/h1-5H,(H,15,19)(H,16,20)(H2,17,18,21). The van der Waals surface area contributed by atoms with Crippen LogP contribution in [0, 0.1) is 0 Å². The van der Waals surface area contributed by atoms with Crippen LogP contribution < -0.4 is 16.6 Å². The van der Waals surface area contributed by atoms with Gasteiger partial charge in [0.25, 0.3) is 5.91 Å². The lowest BCUT2D eigenvalue weighted by Crippen LogP contribution is -2.15. The Kier molecular flexibility index (Phi) is 3.22. The number of aromatic amines is 3. The topological polar surface area (TPSA) is 111 Å². The molecule has 0 aliphatic carbocycles. The summed E-state index contributed by atoms with van der Waals surface area (Å²) in [5, 5.41) is 2.68. The second-order valence-corrected chi connectivity index (χ2v) is 5.21. The highest BCUT2D eigenvalue weighted by Crippen LogP contribution is 2.26. The van der Waals surface area contributed by atoms with Gasteiger partial charge in [-0.15, -0.1) is 0 Å². The van der Waals surface area contributed by atoms with E-state index < -0.39 is 5.91 Å². The Morgan fingerprint density at radius 2 is 1.81 bits per heavy atom. The van der Waals surface area contributed by atoms with E-state index in [2.05, 4.69) is 36.2 Å². The van der Waals surface area contributed by atoms with Gasteiger partial charge < -0.3 is 20.3 Å². The number of hydrogen-bond acceptors (Lipinski definition) is 3. The molecule has 4 N–H and O–H groups in total. The quantitative estimate of drug-likeness (QED) is 0.563. The van der Waals surface area contributed by atoms with Crippen molar-refractivity contribution in [3.8, 4) is 0 Å². The Labute approximate surface area is 125 Å². The summed E-state index contributed by atoms with van der Waals surface area (Å²) in [7, 11) is 0. The highest BCUT2D eigenvalue weighted by Gasteiger charge is 2.11. The van der Waals surface area contributed by atoms with Crippen LogP contribution in [0.15, 0.2) is 44.5 Å². The third kappa shape index (κ3) is 2.65. The lowest BCUT2D eigenvalue weighted by atomic mass is 10.2. The van der Waals surface area contributed by atoms with E-state index in [0.29, 0.717) is 21.2 Å². The van der Waals surface area contributed by atoms with Crippen molar-refractivity contribution >= 4 is 38.6 Å². The Morgan fingerprint density at radius 1 is 1.10 bits per heavy atom. The first kappa shape index (κ1) is 13.4. The molecule has 21 heavy (non-hydrogen) atoms. The van der Waals surface area contributed by atoms with E-state index >= 15 is 0 Å². The normalized spacial score (nSPS) is 10.7. The van der Waals surface area contributed by atoms with Crippen LogP contribution in [-0.4, -0.2) is 20.9 Å². The van der Waals surface area contributed by atoms with E-state index in [4.69, 9.17) is 0 Å². The Bertz CT molecular complexity index is 954. The number of benzene rings is 1. The van der Waals surface area contributed by atoms with Crippen LogP contribution >= 0.6 is 15.9 Å². The van der Waals surface area contributed by atoms with E-state index in [1.807, 2.05) is 0 Å². The van der Waals surface area contributed by atoms with Crippen LogP contribution in [0.25, 0.3) is 11.0 Å². The molecule has 0 fully saturated rings. The Morgan fingerprint density at radius 3 is 2.52 bits per heavy atom. The number of carbonyl (C=O) groups excluding carboxylic acids is 1. The van der Waals surface area contributed by atoms with E-state index in [1.54, 1.807) is 12.1 Å². The van der Waals surface area contributed by atoms with Crippen molar-refractivity contribution in [2.24, 2.45) is 0 Å². The second-order valence-electron chi connectivity index (χ2n) is 4.35. The van der Waals surface area contributed by atoms with Crippen molar-refractivity contribution in [3.05, 3.63) is 61.3 Å². The van der Waals surface area contributed by atoms with E-state index in [9.17, 15) is 14.4 Å². The highest BCUT2D eigenvalue weighted by molar-refractivity contribution is 9.10. The van der Waals surface area contributed by atoms with Gasteiger partial charge in [0.05, 0.1) is 16.7 Å². The van der Waals surface area contributed by atoms with Gasteiger partial charge in [-0.25, -0.2) is 4.79 Å². The number of imidazole rings is 1. The summed E-state index contributed by atoms with van der Waals surface area (Å²) in [5.41, 5.74) is 1.25. The largest absolute Gasteiger partial charge is 0.329 e. The lowest BCUT2D eigenvalue weighted by Gasteiger charge is -2.07. The number of nitrogens with one attached hydrogen (secondary N) is 4. The van der Waals surface area contributed by atoms with Gasteiger partial charge in [-0.1, -0.05) is 0 Å². The summed E-state index contributed by atoms with van der Waals surface area (Å²) in [5.74, 6) is -0.418. The van der Waals surface area contributed by atoms with E-state index in [-0.39, 0.29) is 16.8 Å². The van der Waals surface area contributed by atoms with Crippen LogP contribution in [0.4, 0.5) is 5.69 Å². The first-order chi connectivity index (χ1) is 10.0. The average Bonchev–Trinajstić information content (AvgIpc) is 2.78. The molecule has 8 heteroatoms. The Balaban J connectivity index is 1.97. The van der Waals surface area contributed by atoms with Crippen LogP contribution in [0.3, 0.4) is 0 Å². The fraction of sp³-hybridized carbons (Fsp3) is 0. The molecule has 106 valence electrons. The molecule has 0 radical (unpaired) electrons. The first-order valence-corrected chi connectivity index (χ1v) is 6.74. The number of H-pyrrole nitrogens is 3. The SMILES string of the molecule is O=C(Nc1cc2[nH]c(=O)[nH]c2cc1Br)c1cc[nH]c(=O)c1. The maximum Gasteiger partial charge on any atom is 0.323 e. The van der Waals surface area contributed by atoms with Gasteiger partial charge in [0.2, 0.25) is 5.56 Å². The highest BCUT2D eigenvalue weighted by atomic mass is 79.9. The van der Waals surface area contributed by atoms with Crippen LogP contribution in [-0.2, 0) is 0 Å². The monoisotopic (exact) mass is 348 g/mol. The summed E-state index contributed by atoms with van der Waals surface area (Å²) >= 11 is 3.32. The minimum Gasteiger partial charge on any atom is -0.329 e. The summed E-state index contributed by atoms with van der Waals surface area (Å²) in [6, 6.07) is 6.02. The van der Waals surface area contributed by atoms with Crippen molar-refractivity contribution < 1.29 is 4.79 Å². The zero-order valence-corrected chi connectivity index (χ0v) is 12.1. The maximum absolute atomic E-state index is 12.1. The second kappa shape index (κ2) is 5.06. The maximum atomic E-state index is 12.1. The first-order valence-electron chi connectivity index (χ1n) is 5.94. The number of carbonyl (C=O) groups is 1. The molecule has 0 aliphatic rings. The zero-order chi connectivity index (χ0) is 15.0. The molecule has 0 spiro atoms. The number of hydrogen-bond donors (Lipinski definition) is 4. The third-order valence-corrected chi connectivity index (χ3v) is 3.55. The number of pyridine rings is 1. The number of anilines is 1. The summed E-state index contributed by atoms with van der Waals surface area (Å²) in [6.45, 7) is 0. The number of aromatic nitrogens is 3.